The van der Waals surface area contributed by atoms with Gasteiger partial charge < -0.3 is 14.2 Å². The lowest BCUT2D eigenvalue weighted by Gasteiger charge is -2.18. The summed E-state index contributed by atoms with van der Waals surface area (Å²) < 4.78 is 16.9. The summed E-state index contributed by atoms with van der Waals surface area (Å²) in [5, 5.41) is 0. The molecule has 0 spiro atoms. The van der Waals surface area contributed by atoms with E-state index in [4.69, 9.17) is 14.2 Å². The molecule has 0 radical (unpaired) electrons. The van der Waals surface area contributed by atoms with Crippen LogP contribution in [-0.4, -0.2) is 37.2 Å². The quantitative estimate of drug-likeness (QED) is 0.0261. The maximum atomic E-state index is 12.9. The molecule has 0 aliphatic carbocycles. The highest BCUT2D eigenvalue weighted by Crippen LogP contribution is 2.18. The Hall–Kier alpha value is -2.37. The highest BCUT2D eigenvalue weighted by molar-refractivity contribution is 5.71. The molecule has 74 heavy (non-hydrogen) atoms. The Morgan fingerprint density at radius 2 is 0.500 bits per heavy atom. The fourth-order valence-corrected chi connectivity index (χ4v) is 9.87. The minimum atomic E-state index is -0.775. The molecule has 0 rings (SSSR count). The maximum Gasteiger partial charge on any atom is 0.306 e. The highest BCUT2D eigenvalue weighted by Gasteiger charge is 2.19. The summed E-state index contributed by atoms with van der Waals surface area (Å²) in [5.41, 5.74) is 0. The Labute approximate surface area is 461 Å². The number of rotatable bonds is 61. The number of carbonyl (C=O) groups is 3. The molecule has 0 saturated heterocycles. The molecule has 0 amide bonds. The first-order valence-electron chi connectivity index (χ1n) is 33.0. The maximum absolute atomic E-state index is 12.9. The van der Waals surface area contributed by atoms with Crippen molar-refractivity contribution >= 4 is 17.9 Å². The molecule has 0 aliphatic heterocycles. The Morgan fingerprint density at radius 1 is 0.270 bits per heavy atom. The van der Waals surface area contributed by atoms with Crippen LogP contribution in [0.25, 0.3) is 0 Å². The van der Waals surface area contributed by atoms with Crippen molar-refractivity contribution in [3.8, 4) is 0 Å². The van der Waals surface area contributed by atoms with Crippen LogP contribution in [0.1, 0.15) is 361 Å². The normalized spacial score (nSPS) is 12.2. The third-order valence-corrected chi connectivity index (χ3v) is 14.9. The van der Waals surface area contributed by atoms with Crippen molar-refractivity contribution in [3.05, 3.63) is 36.5 Å². The topological polar surface area (TPSA) is 78.9 Å². The van der Waals surface area contributed by atoms with Gasteiger partial charge in [0.1, 0.15) is 13.2 Å². The molecule has 434 valence electrons. The second-order valence-corrected chi connectivity index (χ2v) is 22.4. The van der Waals surface area contributed by atoms with Crippen molar-refractivity contribution in [3.63, 3.8) is 0 Å². The van der Waals surface area contributed by atoms with Gasteiger partial charge in [0, 0.05) is 19.3 Å². The van der Waals surface area contributed by atoms with E-state index in [1.165, 1.54) is 244 Å². The van der Waals surface area contributed by atoms with E-state index >= 15 is 0 Å². The first kappa shape index (κ1) is 71.6. The van der Waals surface area contributed by atoms with Crippen LogP contribution in [0, 0.1) is 0 Å². The molecular weight excluding hydrogens is 913 g/mol. The van der Waals surface area contributed by atoms with Gasteiger partial charge in [-0.05, 0) is 70.6 Å². The number of allylic oxidation sites excluding steroid dienone is 6. The zero-order valence-electron chi connectivity index (χ0n) is 49.9. The summed E-state index contributed by atoms with van der Waals surface area (Å²) in [6.45, 7) is 6.65. The van der Waals surface area contributed by atoms with Gasteiger partial charge in [-0.1, -0.05) is 308 Å². The molecule has 0 aromatic rings. The monoisotopic (exact) mass is 1040 g/mol. The lowest BCUT2D eigenvalue weighted by atomic mass is 10.0. The van der Waals surface area contributed by atoms with E-state index in [1.807, 2.05) is 0 Å². The van der Waals surface area contributed by atoms with Gasteiger partial charge in [-0.2, -0.15) is 0 Å². The lowest BCUT2D eigenvalue weighted by Crippen LogP contribution is -2.30. The molecular formula is C68H126O6. The summed E-state index contributed by atoms with van der Waals surface area (Å²) in [5.74, 6) is -0.862. The second-order valence-electron chi connectivity index (χ2n) is 22.4. The third kappa shape index (κ3) is 60.5. The number of hydrogen-bond donors (Lipinski definition) is 0. The second kappa shape index (κ2) is 63.2. The van der Waals surface area contributed by atoms with Gasteiger partial charge in [0.15, 0.2) is 6.10 Å². The summed E-state index contributed by atoms with van der Waals surface area (Å²) >= 11 is 0. The van der Waals surface area contributed by atoms with Gasteiger partial charge >= 0.3 is 17.9 Å². The van der Waals surface area contributed by atoms with Crippen molar-refractivity contribution in [2.24, 2.45) is 0 Å². The van der Waals surface area contributed by atoms with Crippen LogP contribution in [0.3, 0.4) is 0 Å². The van der Waals surface area contributed by atoms with Crippen LogP contribution >= 0.6 is 0 Å². The zero-order valence-corrected chi connectivity index (χ0v) is 49.9. The van der Waals surface area contributed by atoms with Crippen LogP contribution in [0.2, 0.25) is 0 Å². The molecule has 0 aromatic heterocycles. The van der Waals surface area contributed by atoms with Crippen molar-refractivity contribution in [2.75, 3.05) is 13.2 Å². The van der Waals surface area contributed by atoms with E-state index in [2.05, 4.69) is 57.2 Å². The van der Waals surface area contributed by atoms with E-state index in [0.29, 0.717) is 19.3 Å². The fourth-order valence-electron chi connectivity index (χ4n) is 9.87. The van der Waals surface area contributed by atoms with Crippen LogP contribution in [0.4, 0.5) is 0 Å². The van der Waals surface area contributed by atoms with Gasteiger partial charge in [0.25, 0.3) is 0 Å². The zero-order chi connectivity index (χ0) is 53.6. The third-order valence-electron chi connectivity index (χ3n) is 14.9. The Morgan fingerprint density at radius 3 is 0.797 bits per heavy atom. The molecule has 0 aliphatic rings. The average Bonchev–Trinajstić information content (AvgIpc) is 3.40. The minimum Gasteiger partial charge on any atom is -0.462 e. The van der Waals surface area contributed by atoms with E-state index in [-0.39, 0.29) is 31.1 Å². The number of ether oxygens (including phenoxy) is 3. The molecule has 6 heteroatoms. The Kier molecular flexibility index (Phi) is 61.1. The Balaban J connectivity index is 4.25. The molecule has 0 fully saturated rings. The van der Waals surface area contributed by atoms with Crippen LogP contribution in [0.5, 0.6) is 0 Å². The van der Waals surface area contributed by atoms with Crippen LogP contribution < -0.4 is 0 Å². The Bertz CT molecular complexity index is 1240. The lowest BCUT2D eigenvalue weighted by molar-refractivity contribution is -0.167. The van der Waals surface area contributed by atoms with Gasteiger partial charge in [-0.3, -0.25) is 14.4 Å². The summed E-state index contributed by atoms with van der Waals surface area (Å²) in [7, 11) is 0. The molecule has 0 aromatic carbocycles. The summed E-state index contributed by atoms with van der Waals surface area (Å²) in [6, 6.07) is 0. The predicted octanol–water partition coefficient (Wildman–Crippen LogP) is 22.4. The largest absolute Gasteiger partial charge is 0.462 e. The molecule has 0 N–H and O–H groups in total. The minimum absolute atomic E-state index is 0.0721. The van der Waals surface area contributed by atoms with Crippen molar-refractivity contribution in [1.82, 2.24) is 0 Å². The van der Waals surface area contributed by atoms with Crippen LogP contribution in [0.15, 0.2) is 36.5 Å². The number of esters is 3. The number of hydrogen-bond acceptors (Lipinski definition) is 6. The molecule has 1 atom stereocenters. The summed E-state index contributed by atoms with van der Waals surface area (Å²) in [6.07, 6.45) is 77.3. The van der Waals surface area contributed by atoms with Gasteiger partial charge in [-0.15, -0.1) is 0 Å². The molecule has 0 saturated carbocycles. The van der Waals surface area contributed by atoms with E-state index in [9.17, 15) is 14.4 Å². The smallest absolute Gasteiger partial charge is 0.306 e. The van der Waals surface area contributed by atoms with Crippen molar-refractivity contribution in [2.45, 2.75) is 367 Å². The molecule has 1 unspecified atom stereocenters. The molecule has 0 heterocycles. The van der Waals surface area contributed by atoms with Crippen molar-refractivity contribution < 1.29 is 28.6 Å². The first-order chi connectivity index (χ1) is 36.5. The number of unbranched alkanes of at least 4 members (excludes halogenated alkanes) is 44. The van der Waals surface area contributed by atoms with E-state index in [0.717, 1.165) is 77.0 Å². The fraction of sp³-hybridized carbons (Fsp3) is 0.868. The SMILES string of the molecule is CCCC/C=C\C/C=C\CCCCCCCC(=O)OCC(COC(=O)CCCCCCCCCCCCCCC/C=C\CCCCCCCCCC)OC(=O)CCCCCCCCCCCCCCCCCCC. The highest BCUT2D eigenvalue weighted by atomic mass is 16.6. The van der Waals surface area contributed by atoms with E-state index < -0.39 is 6.10 Å². The molecule has 0 bridgehead atoms. The van der Waals surface area contributed by atoms with Crippen LogP contribution in [-0.2, 0) is 28.6 Å². The average molecular weight is 1040 g/mol. The number of carbonyl (C=O) groups excluding carboxylic acids is 3. The van der Waals surface area contributed by atoms with Gasteiger partial charge in [0.2, 0.25) is 0 Å². The van der Waals surface area contributed by atoms with Gasteiger partial charge in [0.05, 0.1) is 0 Å². The van der Waals surface area contributed by atoms with E-state index in [1.54, 1.807) is 0 Å². The summed E-state index contributed by atoms with van der Waals surface area (Å²) in [4.78, 5) is 38.3. The predicted molar refractivity (Wildman–Crippen MR) is 321 cm³/mol. The molecule has 6 nitrogen and oxygen atoms in total. The standard InChI is InChI=1S/C68H126O6/c1-4-7-10-13-16-19-22-25-28-30-31-32-33-34-35-36-37-39-40-43-46-49-52-55-58-61-67(70)73-64-65(63-72-66(69)60-57-54-51-48-45-42-27-24-21-18-15-12-9-6-3)74-68(71)62-59-56-53-50-47-44-41-38-29-26-23-20-17-14-11-8-5-2/h15,18,24,27,30-31,65H,4-14,16-17,19-23,25-26,28-29,32-64H2,1-3H3/b18-15-,27-24-,31-30-. The van der Waals surface area contributed by atoms with Gasteiger partial charge in [-0.25, -0.2) is 0 Å². The first-order valence-corrected chi connectivity index (χ1v) is 33.0. The van der Waals surface area contributed by atoms with Crippen molar-refractivity contribution in [1.29, 1.82) is 0 Å².